The van der Waals surface area contributed by atoms with E-state index in [1.807, 2.05) is 4.90 Å². The number of carbonyl (C=O) groups excluding carboxylic acids is 1. The van der Waals surface area contributed by atoms with Crippen LogP contribution in [-0.2, 0) is 4.79 Å². The van der Waals surface area contributed by atoms with Crippen molar-refractivity contribution in [2.45, 2.75) is 19.8 Å². The minimum atomic E-state index is 0.352. The summed E-state index contributed by atoms with van der Waals surface area (Å²) in [6.45, 7) is 6.24. The van der Waals surface area contributed by atoms with E-state index < -0.39 is 0 Å². The topological polar surface area (TPSA) is 23.6 Å². The summed E-state index contributed by atoms with van der Waals surface area (Å²) < 4.78 is 0. The fraction of sp³-hybridized carbons (Fsp3) is 0.533. The highest BCUT2D eigenvalue weighted by Crippen LogP contribution is 2.40. The zero-order valence-corrected chi connectivity index (χ0v) is 10.9. The second-order valence-electron chi connectivity index (χ2n) is 5.84. The summed E-state index contributed by atoms with van der Waals surface area (Å²) in [6.07, 6.45) is 3.38. The van der Waals surface area contributed by atoms with Crippen molar-refractivity contribution in [2.24, 2.45) is 5.41 Å². The molecule has 1 unspecified atom stereocenters. The molecule has 2 fully saturated rings. The normalized spacial score (nSPS) is 27.2. The third kappa shape index (κ3) is 1.98. The Labute approximate surface area is 108 Å². The monoisotopic (exact) mass is 244 g/mol. The van der Waals surface area contributed by atoms with Crippen molar-refractivity contribution >= 4 is 12.1 Å². The second-order valence-corrected chi connectivity index (χ2v) is 5.84. The fourth-order valence-corrected chi connectivity index (χ4v) is 3.37. The molecule has 3 rings (SSSR count). The van der Waals surface area contributed by atoms with Gasteiger partial charge in [0.1, 0.15) is 0 Å². The number of carbonyl (C=O) groups is 1. The third-order valence-electron chi connectivity index (χ3n) is 4.42. The summed E-state index contributed by atoms with van der Waals surface area (Å²) >= 11 is 0. The molecular weight excluding hydrogens is 224 g/mol. The molecule has 3 heteroatoms. The van der Waals surface area contributed by atoms with Crippen LogP contribution in [0.2, 0.25) is 0 Å². The molecule has 2 aliphatic heterocycles. The smallest absolute Gasteiger partial charge is 0.209 e. The van der Waals surface area contributed by atoms with Gasteiger partial charge in [-0.3, -0.25) is 4.79 Å². The number of hydrogen-bond donors (Lipinski definition) is 0. The Hall–Kier alpha value is -1.51. The van der Waals surface area contributed by atoms with Crippen LogP contribution < -0.4 is 4.90 Å². The molecule has 2 heterocycles. The SMILES string of the molecule is Cc1cccc(N2CCC3(CCN(C=O)C3)C2)c1. The van der Waals surface area contributed by atoms with Gasteiger partial charge in [0.2, 0.25) is 6.41 Å². The maximum absolute atomic E-state index is 10.9. The zero-order valence-electron chi connectivity index (χ0n) is 10.9. The van der Waals surface area contributed by atoms with E-state index in [2.05, 4.69) is 36.1 Å². The van der Waals surface area contributed by atoms with Crippen molar-refractivity contribution < 1.29 is 4.79 Å². The highest BCUT2D eigenvalue weighted by atomic mass is 16.1. The quantitative estimate of drug-likeness (QED) is 0.743. The molecule has 0 radical (unpaired) electrons. The minimum absolute atomic E-state index is 0.352. The second kappa shape index (κ2) is 4.30. The number of aryl methyl sites for hydroxylation is 1. The van der Waals surface area contributed by atoms with Gasteiger partial charge in [-0.1, -0.05) is 12.1 Å². The Bertz CT molecular complexity index is 460. The molecule has 1 spiro atoms. The lowest BCUT2D eigenvalue weighted by Gasteiger charge is -2.24. The van der Waals surface area contributed by atoms with Gasteiger partial charge >= 0.3 is 0 Å². The fourth-order valence-electron chi connectivity index (χ4n) is 3.37. The number of rotatable bonds is 2. The largest absolute Gasteiger partial charge is 0.371 e. The van der Waals surface area contributed by atoms with Crippen molar-refractivity contribution in [3.8, 4) is 0 Å². The lowest BCUT2D eigenvalue weighted by atomic mass is 9.86. The molecule has 1 amide bonds. The van der Waals surface area contributed by atoms with E-state index in [0.717, 1.165) is 39.0 Å². The number of likely N-dealkylation sites (tertiary alicyclic amines) is 1. The van der Waals surface area contributed by atoms with Crippen molar-refractivity contribution in [3.05, 3.63) is 29.8 Å². The molecule has 96 valence electrons. The van der Waals surface area contributed by atoms with Crippen LogP contribution in [0.25, 0.3) is 0 Å². The Kier molecular flexibility index (Phi) is 2.77. The van der Waals surface area contributed by atoms with Crippen LogP contribution in [0.15, 0.2) is 24.3 Å². The molecule has 18 heavy (non-hydrogen) atoms. The van der Waals surface area contributed by atoms with E-state index in [9.17, 15) is 4.79 Å². The van der Waals surface area contributed by atoms with Gasteiger partial charge in [-0.05, 0) is 37.5 Å². The maximum atomic E-state index is 10.9. The summed E-state index contributed by atoms with van der Waals surface area (Å²) in [4.78, 5) is 15.3. The first kappa shape index (κ1) is 11.6. The van der Waals surface area contributed by atoms with E-state index >= 15 is 0 Å². The minimum Gasteiger partial charge on any atom is -0.371 e. The van der Waals surface area contributed by atoms with Crippen molar-refractivity contribution in [3.63, 3.8) is 0 Å². The van der Waals surface area contributed by atoms with Gasteiger partial charge in [0.25, 0.3) is 0 Å². The van der Waals surface area contributed by atoms with Gasteiger partial charge in [-0.15, -0.1) is 0 Å². The summed E-state index contributed by atoms with van der Waals surface area (Å²) in [7, 11) is 0. The summed E-state index contributed by atoms with van der Waals surface area (Å²) in [5, 5.41) is 0. The molecule has 2 aliphatic rings. The zero-order chi connectivity index (χ0) is 12.6. The summed E-state index contributed by atoms with van der Waals surface area (Å²) in [6, 6.07) is 8.71. The molecule has 2 saturated heterocycles. The molecular formula is C15H20N2O. The van der Waals surface area contributed by atoms with Crippen LogP contribution in [0.5, 0.6) is 0 Å². The number of anilines is 1. The van der Waals surface area contributed by atoms with E-state index in [1.54, 1.807) is 0 Å². The molecule has 3 nitrogen and oxygen atoms in total. The number of hydrogen-bond acceptors (Lipinski definition) is 2. The number of benzene rings is 1. The van der Waals surface area contributed by atoms with Crippen molar-refractivity contribution in [1.82, 2.24) is 4.90 Å². The van der Waals surface area contributed by atoms with Crippen LogP contribution >= 0.6 is 0 Å². The first-order valence-corrected chi connectivity index (χ1v) is 6.72. The van der Waals surface area contributed by atoms with Gasteiger partial charge < -0.3 is 9.80 Å². The standard InChI is InChI=1S/C15H20N2O/c1-13-3-2-4-14(9-13)17-8-6-15(11-17)5-7-16(10-15)12-18/h2-4,9,12H,5-8,10-11H2,1H3. The van der Waals surface area contributed by atoms with Crippen molar-refractivity contribution in [1.29, 1.82) is 0 Å². The van der Waals surface area contributed by atoms with Gasteiger partial charge in [0, 0.05) is 37.3 Å². The Morgan fingerprint density at radius 2 is 2.06 bits per heavy atom. The van der Waals surface area contributed by atoms with Crippen LogP contribution in [0, 0.1) is 12.3 Å². The van der Waals surface area contributed by atoms with Gasteiger partial charge in [-0.2, -0.15) is 0 Å². The molecule has 1 aromatic rings. The lowest BCUT2D eigenvalue weighted by molar-refractivity contribution is -0.117. The molecule has 0 aromatic heterocycles. The maximum Gasteiger partial charge on any atom is 0.209 e. The van der Waals surface area contributed by atoms with E-state index in [0.29, 0.717) is 5.41 Å². The average Bonchev–Trinajstić information content (AvgIpc) is 2.97. The van der Waals surface area contributed by atoms with E-state index in [-0.39, 0.29) is 0 Å². The van der Waals surface area contributed by atoms with E-state index in [4.69, 9.17) is 0 Å². The molecule has 0 aliphatic carbocycles. The molecule has 0 N–H and O–H groups in total. The Morgan fingerprint density at radius 1 is 1.22 bits per heavy atom. The lowest BCUT2D eigenvalue weighted by Crippen LogP contribution is -2.30. The predicted molar refractivity (Wildman–Crippen MR) is 72.7 cm³/mol. The van der Waals surface area contributed by atoms with E-state index in [1.165, 1.54) is 17.7 Å². The van der Waals surface area contributed by atoms with Gasteiger partial charge in [0.15, 0.2) is 0 Å². The first-order chi connectivity index (χ1) is 8.71. The van der Waals surface area contributed by atoms with Gasteiger partial charge in [0.05, 0.1) is 0 Å². The van der Waals surface area contributed by atoms with Crippen LogP contribution in [-0.4, -0.2) is 37.5 Å². The summed E-state index contributed by atoms with van der Waals surface area (Å²) in [5.41, 5.74) is 3.00. The summed E-state index contributed by atoms with van der Waals surface area (Å²) in [5.74, 6) is 0. The van der Waals surface area contributed by atoms with Gasteiger partial charge in [-0.25, -0.2) is 0 Å². The first-order valence-electron chi connectivity index (χ1n) is 6.72. The third-order valence-corrected chi connectivity index (χ3v) is 4.42. The van der Waals surface area contributed by atoms with Crippen LogP contribution in [0.3, 0.4) is 0 Å². The molecule has 1 atom stereocenters. The number of amides is 1. The van der Waals surface area contributed by atoms with Crippen LogP contribution in [0.4, 0.5) is 5.69 Å². The highest BCUT2D eigenvalue weighted by Gasteiger charge is 2.43. The Balaban J connectivity index is 1.74. The number of nitrogens with zero attached hydrogens (tertiary/aromatic N) is 2. The molecule has 0 bridgehead atoms. The average molecular weight is 244 g/mol. The highest BCUT2D eigenvalue weighted by molar-refractivity contribution is 5.51. The van der Waals surface area contributed by atoms with Crippen molar-refractivity contribution in [2.75, 3.05) is 31.1 Å². The molecule has 0 saturated carbocycles. The predicted octanol–water partition coefficient (Wildman–Crippen LogP) is 2.05. The molecule has 1 aromatic carbocycles. The van der Waals surface area contributed by atoms with Crippen LogP contribution in [0.1, 0.15) is 18.4 Å². The Morgan fingerprint density at radius 3 is 2.78 bits per heavy atom.